The second-order valence-electron chi connectivity index (χ2n) is 7.27. The quantitative estimate of drug-likeness (QED) is 0.733. The van der Waals surface area contributed by atoms with Crippen LogP contribution in [0.2, 0.25) is 0 Å². The van der Waals surface area contributed by atoms with Crippen molar-refractivity contribution in [1.82, 2.24) is 4.57 Å². The Morgan fingerprint density at radius 3 is 2.62 bits per heavy atom. The van der Waals surface area contributed by atoms with Crippen LogP contribution in [0.5, 0.6) is 0 Å². The third kappa shape index (κ3) is 2.57. The lowest BCUT2D eigenvalue weighted by atomic mass is 10.0. The number of nitrogens with zero attached hydrogens (tertiary/aromatic N) is 2. The molecule has 1 atom stereocenters. The van der Waals surface area contributed by atoms with E-state index in [-0.39, 0.29) is 11.9 Å². The minimum absolute atomic E-state index is 0.0631. The molecule has 1 aliphatic heterocycles. The van der Waals surface area contributed by atoms with Gasteiger partial charge >= 0.3 is 0 Å². The van der Waals surface area contributed by atoms with Crippen molar-refractivity contribution < 1.29 is 4.79 Å². The highest BCUT2D eigenvalue weighted by Gasteiger charge is 2.30. The van der Waals surface area contributed by atoms with Crippen LogP contribution in [0.25, 0.3) is 10.9 Å². The van der Waals surface area contributed by atoms with Crippen LogP contribution in [0.1, 0.15) is 35.0 Å². The molecule has 3 aromatic rings. The fourth-order valence-corrected chi connectivity index (χ4v) is 3.78. The van der Waals surface area contributed by atoms with Crippen LogP contribution in [0.15, 0.2) is 42.5 Å². The second-order valence-corrected chi connectivity index (χ2v) is 7.27. The zero-order valence-corrected chi connectivity index (χ0v) is 15.8. The highest BCUT2D eigenvalue weighted by atomic mass is 16.2. The van der Waals surface area contributed by atoms with Crippen LogP contribution >= 0.6 is 0 Å². The van der Waals surface area contributed by atoms with E-state index < -0.39 is 0 Å². The maximum atomic E-state index is 13.5. The molecule has 0 spiro atoms. The molecule has 1 aromatic heterocycles. The van der Waals surface area contributed by atoms with E-state index >= 15 is 0 Å². The monoisotopic (exact) mass is 347 g/mol. The van der Waals surface area contributed by atoms with E-state index in [9.17, 15) is 4.79 Å². The Labute approximate surface area is 154 Å². The van der Waals surface area contributed by atoms with Crippen molar-refractivity contribution in [2.45, 2.75) is 33.2 Å². The third-order valence-electron chi connectivity index (χ3n) is 5.57. The number of benzene rings is 2. The third-order valence-corrected chi connectivity index (χ3v) is 5.57. The topological polar surface area (TPSA) is 37.3 Å². The molecule has 2 heterocycles. The van der Waals surface area contributed by atoms with Crippen molar-refractivity contribution >= 4 is 28.2 Å². The number of amides is 1. The Morgan fingerprint density at radius 1 is 1.15 bits per heavy atom. The van der Waals surface area contributed by atoms with E-state index in [0.717, 1.165) is 34.4 Å². The summed E-state index contributed by atoms with van der Waals surface area (Å²) >= 11 is 0. The van der Waals surface area contributed by atoms with Gasteiger partial charge in [-0.2, -0.15) is 0 Å². The molecular weight excluding hydrogens is 322 g/mol. The predicted octanol–water partition coefficient (Wildman–Crippen LogP) is 4.65. The molecule has 0 radical (unpaired) electrons. The van der Waals surface area contributed by atoms with E-state index in [0.29, 0.717) is 6.54 Å². The first-order chi connectivity index (χ1) is 12.5. The molecule has 4 nitrogen and oxygen atoms in total. The number of hydrogen-bond acceptors (Lipinski definition) is 2. The molecule has 0 saturated carbocycles. The molecule has 1 unspecified atom stereocenters. The summed E-state index contributed by atoms with van der Waals surface area (Å²) in [7, 11) is 1.97. The summed E-state index contributed by atoms with van der Waals surface area (Å²) < 4.78 is 2.00. The number of aromatic nitrogens is 1. The zero-order chi connectivity index (χ0) is 18.4. The van der Waals surface area contributed by atoms with Gasteiger partial charge in [-0.15, -0.1) is 0 Å². The zero-order valence-electron chi connectivity index (χ0n) is 15.8. The van der Waals surface area contributed by atoms with E-state index in [4.69, 9.17) is 0 Å². The summed E-state index contributed by atoms with van der Waals surface area (Å²) in [5.74, 6) is 0.0631. The maximum absolute atomic E-state index is 13.5. The Bertz CT molecular complexity index is 1000. The molecule has 4 rings (SSSR count). The molecular formula is C22H25N3O. The van der Waals surface area contributed by atoms with Gasteiger partial charge in [0.1, 0.15) is 5.69 Å². The van der Waals surface area contributed by atoms with E-state index in [1.807, 2.05) is 34.7 Å². The molecule has 26 heavy (non-hydrogen) atoms. The van der Waals surface area contributed by atoms with Crippen molar-refractivity contribution in [3.63, 3.8) is 0 Å². The molecule has 0 fully saturated rings. The molecule has 134 valence electrons. The number of aryl methyl sites for hydroxylation is 3. The van der Waals surface area contributed by atoms with Gasteiger partial charge in [0, 0.05) is 30.5 Å². The van der Waals surface area contributed by atoms with Crippen LogP contribution in [0.4, 0.5) is 11.4 Å². The molecule has 2 aromatic carbocycles. The highest BCUT2D eigenvalue weighted by molar-refractivity contribution is 6.10. The van der Waals surface area contributed by atoms with Crippen molar-refractivity contribution in [1.29, 1.82) is 0 Å². The lowest BCUT2D eigenvalue weighted by Crippen LogP contribution is -2.45. The fourth-order valence-electron chi connectivity index (χ4n) is 3.78. The van der Waals surface area contributed by atoms with Gasteiger partial charge in [-0.05, 0) is 55.7 Å². The molecule has 0 bridgehead atoms. The van der Waals surface area contributed by atoms with Gasteiger partial charge in [-0.3, -0.25) is 4.79 Å². The average molecular weight is 347 g/mol. The van der Waals surface area contributed by atoms with Crippen molar-refractivity contribution in [3.8, 4) is 0 Å². The lowest BCUT2D eigenvalue weighted by Gasteiger charge is -2.36. The van der Waals surface area contributed by atoms with Crippen LogP contribution < -0.4 is 10.2 Å². The number of anilines is 2. The van der Waals surface area contributed by atoms with Gasteiger partial charge in [0.15, 0.2) is 0 Å². The molecule has 0 aliphatic carbocycles. The molecule has 0 saturated heterocycles. The summed E-state index contributed by atoms with van der Waals surface area (Å²) in [5.41, 5.74) is 6.29. The van der Waals surface area contributed by atoms with Gasteiger partial charge in [-0.1, -0.05) is 25.1 Å². The van der Waals surface area contributed by atoms with Gasteiger partial charge in [0.05, 0.1) is 11.4 Å². The largest absolute Gasteiger partial charge is 0.379 e. The van der Waals surface area contributed by atoms with Crippen molar-refractivity contribution in [2.24, 2.45) is 7.05 Å². The number of carbonyl (C=O) groups excluding carboxylic acids is 1. The minimum Gasteiger partial charge on any atom is -0.379 e. The summed E-state index contributed by atoms with van der Waals surface area (Å²) in [6.45, 7) is 7.06. The van der Waals surface area contributed by atoms with Crippen molar-refractivity contribution in [2.75, 3.05) is 16.8 Å². The van der Waals surface area contributed by atoms with E-state index in [2.05, 4.69) is 50.4 Å². The summed E-state index contributed by atoms with van der Waals surface area (Å²) in [5, 5.41) is 4.69. The molecule has 1 aliphatic rings. The average Bonchev–Trinajstić information content (AvgIpc) is 2.98. The standard InChI is InChI=1S/C22H25N3O/c1-5-17-13-25(20-11-15(3)14(2)10-18(20)23-17)22(26)21-12-16-8-6-7-9-19(16)24(21)4/h6-12,17,23H,5,13H2,1-4H3. The molecule has 1 amide bonds. The Hall–Kier alpha value is -2.75. The highest BCUT2D eigenvalue weighted by Crippen LogP contribution is 2.35. The van der Waals surface area contributed by atoms with Gasteiger partial charge in [0.25, 0.3) is 5.91 Å². The van der Waals surface area contributed by atoms with Crippen LogP contribution in [0.3, 0.4) is 0 Å². The summed E-state index contributed by atoms with van der Waals surface area (Å²) in [4.78, 5) is 15.4. The normalized spacial score (nSPS) is 16.5. The van der Waals surface area contributed by atoms with E-state index in [1.165, 1.54) is 11.1 Å². The Balaban J connectivity index is 1.82. The first-order valence-corrected chi connectivity index (χ1v) is 9.23. The maximum Gasteiger partial charge on any atom is 0.275 e. The Kier molecular flexibility index (Phi) is 3.98. The number of carbonyl (C=O) groups is 1. The first-order valence-electron chi connectivity index (χ1n) is 9.23. The van der Waals surface area contributed by atoms with Crippen LogP contribution in [0, 0.1) is 13.8 Å². The van der Waals surface area contributed by atoms with Crippen LogP contribution in [-0.2, 0) is 7.05 Å². The molecule has 1 N–H and O–H groups in total. The molecule has 4 heteroatoms. The number of para-hydroxylation sites is 1. The van der Waals surface area contributed by atoms with Crippen molar-refractivity contribution in [3.05, 3.63) is 59.3 Å². The van der Waals surface area contributed by atoms with Crippen LogP contribution in [-0.4, -0.2) is 23.1 Å². The number of nitrogens with one attached hydrogen (secondary N) is 1. The number of fused-ring (bicyclic) bond motifs is 2. The van der Waals surface area contributed by atoms with Gasteiger partial charge < -0.3 is 14.8 Å². The smallest absolute Gasteiger partial charge is 0.275 e. The SMILES string of the molecule is CCC1CN(C(=O)c2cc3ccccc3n2C)c2cc(C)c(C)cc2N1. The second kappa shape index (κ2) is 6.20. The predicted molar refractivity (Wildman–Crippen MR) is 108 cm³/mol. The van der Waals surface area contributed by atoms with E-state index in [1.54, 1.807) is 0 Å². The minimum atomic E-state index is 0.0631. The fraction of sp³-hybridized carbons (Fsp3) is 0.318. The number of rotatable bonds is 2. The van der Waals surface area contributed by atoms with Gasteiger partial charge in [0.2, 0.25) is 0 Å². The lowest BCUT2D eigenvalue weighted by molar-refractivity contribution is 0.0977. The summed E-state index contributed by atoms with van der Waals surface area (Å²) in [6.07, 6.45) is 0.977. The number of hydrogen-bond donors (Lipinski definition) is 1. The first kappa shape index (κ1) is 16.7. The van der Waals surface area contributed by atoms with Gasteiger partial charge in [-0.25, -0.2) is 0 Å². The summed E-state index contributed by atoms with van der Waals surface area (Å²) in [6, 6.07) is 14.7. The Morgan fingerprint density at radius 2 is 1.88 bits per heavy atom.